The van der Waals surface area contributed by atoms with Crippen molar-refractivity contribution in [2.45, 2.75) is 12.2 Å². The second kappa shape index (κ2) is 4.94. The highest BCUT2D eigenvalue weighted by molar-refractivity contribution is 6.30. The summed E-state index contributed by atoms with van der Waals surface area (Å²) >= 11 is 5.78. The quantitative estimate of drug-likeness (QED) is 0.802. The van der Waals surface area contributed by atoms with Crippen LogP contribution in [0.2, 0.25) is 5.02 Å². The zero-order valence-electron chi connectivity index (χ0n) is 8.32. The van der Waals surface area contributed by atoms with E-state index in [1.807, 2.05) is 12.1 Å². The molecule has 0 radical (unpaired) electrons. The Bertz CT molecular complexity index is 309. The zero-order valence-corrected chi connectivity index (χ0v) is 9.07. The van der Waals surface area contributed by atoms with Crippen LogP contribution in [0.15, 0.2) is 24.3 Å². The minimum atomic E-state index is -0.588. The monoisotopic (exact) mass is 227 g/mol. The van der Waals surface area contributed by atoms with Crippen LogP contribution >= 0.6 is 11.6 Å². The molecular weight excluding hydrogens is 214 g/mol. The lowest BCUT2D eigenvalue weighted by Gasteiger charge is -2.28. The molecule has 1 heterocycles. The maximum absolute atomic E-state index is 10.0. The van der Waals surface area contributed by atoms with Crippen LogP contribution in [-0.2, 0) is 4.74 Å². The van der Waals surface area contributed by atoms with Gasteiger partial charge in [0.15, 0.2) is 0 Å². The summed E-state index contributed by atoms with van der Waals surface area (Å²) in [6.07, 6.45) is -0.755. The van der Waals surface area contributed by atoms with Crippen LogP contribution in [0, 0.1) is 0 Å². The van der Waals surface area contributed by atoms with E-state index >= 15 is 0 Å². The highest BCUT2D eigenvalue weighted by Gasteiger charge is 2.23. The minimum Gasteiger partial charge on any atom is -0.386 e. The third kappa shape index (κ3) is 2.69. The summed E-state index contributed by atoms with van der Waals surface area (Å²) in [6.45, 7) is 2.18. The molecule has 0 bridgehead atoms. The van der Waals surface area contributed by atoms with Crippen molar-refractivity contribution in [3.63, 3.8) is 0 Å². The minimum absolute atomic E-state index is 0.167. The number of rotatable bonds is 2. The van der Waals surface area contributed by atoms with Gasteiger partial charge in [0, 0.05) is 18.1 Å². The molecular formula is C11H14ClNO2. The summed E-state index contributed by atoms with van der Waals surface area (Å²) in [7, 11) is 0. The van der Waals surface area contributed by atoms with E-state index in [2.05, 4.69) is 5.32 Å². The predicted octanol–water partition coefficient (Wildman–Crippen LogP) is 1.36. The molecule has 0 aromatic heterocycles. The van der Waals surface area contributed by atoms with Crippen LogP contribution in [-0.4, -0.2) is 30.9 Å². The molecule has 1 aromatic rings. The molecule has 2 rings (SSSR count). The Morgan fingerprint density at radius 2 is 2.13 bits per heavy atom. The topological polar surface area (TPSA) is 41.5 Å². The maximum atomic E-state index is 10.0. The molecule has 0 spiro atoms. The van der Waals surface area contributed by atoms with E-state index in [0.717, 1.165) is 12.1 Å². The van der Waals surface area contributed by atoms with Gasteiger partial charge in [-0.2, -0.15) is 0 Å². The molecule has 1 fully saturated rings. The van der Waals surface area contributed by atoms with Crippen molar-refractivity contribution >= 4 is 11.6 Å². The van der Waals surface area contributed by atoms with Crippen molar-refractivity contribution in [3.05, 3.63) is 34.9 Å². The van der Waals surface area contributed by atoms with E-state index in [9.17, 15) is 5.11 Å². The van der Waals surface area contributed by atoms with Gasteiger partial charge < -0.3 is 15.2 Å². The van der Waals surface area contributed by atoms with E-state index in [1.54, 1.807) is 12.1 Å². The molecule has 1 aliphatic rings. The molecule has 2 N–H and O–H groups in total. The van der Waals surface area contributed by atoms with E-state index in [4.69, 9.17) is 16.3 Å². The Morgan fingerprint density at radius 3 is 2.73 bits per heavy atom. The number of halogens is 1. The van der Waals surface area contributed by atoms with Crippen molar-refractivity contribution < 1.29 is 9.84 Å². The van der Waals surface area contributed by atoms with Gasteiger partial charge in [-0.1, -0.05) is 23.7 Å². The fourth-order valence-electron chi connectivity index (χ4n) is 1.66. The van der Waals surface area contributed by atoms with Gasteiger partial charge in [0.25, 0.3) is 0 Å². The van der Waals surface area contributed by atoms with Crippen LogP contribution in [0.25, 0.3) is 0 Å². The number of benzene rings is 1. The van der Waals surface area contributed by atoms with Gasteiger partial charge in [0.2, 0.25) is 0 Å². The van der Waals surface area contributed by atoms with Crippen molar-refractivity contribution in [1.29, 1.82) is 0 Å². The standard InChI is InChI=1S/C11H14ClNO2/c12-9-3-1-8(2-4-9)11(14)10-7-13-5-6-15-10/h1-4,10-11,13-14H,5-7H2. The van der Waals surface area contributed by atoms with Gasteiger partial charge in [0.1, 0.15) is 6.10 Å². The smallest absolute Gasteiger partial charge is 0.106 e. The average molecular weight is 228 g/mol. The Morgan fingerprint density at radius 1 is 1.40 bits per heavy atom. The van der Waals surface area contributed by atoms with Gasteiger partial charge >= 0.3 is 0 Å². The molecule has 1 aromatic carbocycles. The summed E-state index contributed by atoms with van der Waals surface area (Å²) in [5.41, 5.74) is 0.841. The first-order chi connectivity index (χ1) is 7.27. The van der Waals surface area contributed by atoms with Crippen LogP contribution < -0.4 is 5.32 Å². The molecule has 3 nitrogen and oxygen atoms in total. The Kier molecular flexibility index (Phi) is 3.59. The Labute approximate surface area is 94.0 Å². The molecule has 0 aliphatic carbocycles. The van der Waals surface area contributed by atoms with Gasteiger partial charge in [-0.05, 0) is 17.7 Å². The Balaban J connectivity index is 2.05. The van der Waals surface area contributed by atoms with Crippen molar-refractivity contribution in [2.75, 3.05) is 19.7 Å². The number of aliphatic hydroxyl groups is 1. The first-order valence-electron chi connectivity index (χ1n) is 5.03. The predicted molar refractivity (Wildman–Crippen MR) is 59.0 cm³/mol. The highest BCUT2D eigenvalue weighted by atomic mass is 35.5. The molecule has 2 atom stereocenters. The molecule has 2 unspecified atom stereocenters. The lowest BCUT2D eigenvalue weighted by molar-refractivity contribution is -0.0536. The first-order valence-corrected chi connectivity index (χ1v) is 5.41. The number of aliphatic hydroxyl groups excluding tert-OH is 1. The van der Waals surface area contributed by atoms with E-state index in [-0.39, 0.29) is 6.10 Å². The summed E-state index contributed by atoms with van der Waals surface area (Å²) in [5, 5.41) is 13.9. The third-order valence-corrected chi connectivity index (χ3v) is 2.77. The highest BCUT2D eigenvalue weighted by Crippen LogP contribution is 2.21. The molecule has 1 saturated heterocycles. The lowest BCUT2D eigenvalue weighted by atomic mass is 10.0. The second-order valence-corrected chi connectivity index (χ2v) is 4.05. The average Bonchev–Trinajstić information content (AvgIpc) is 2.30. The Hall–Kier alpha value is -0.610. The molecule has 4 heteroatoms. The summed E-state index contributed by atoms with van der Waals surface area (Å²) in [6, 6.07) is 7.20. The number of ether oxygens (including phenoxy) is 1. The fraction of sp³-hybridized carbons (Fsp3) is 0.455. The maximum Gasteiger partial charge on any atom is 0.106 e. The second-order valence-electron chi connectivity index (χ2n) is 3.61. The number of hydrogen-bond donors (Lipinski definition) is 2. The first kappa shape index (κ1) is 10.9. The lowest BCUT2D eigenvalue weighted by Crippen LogP contribution is -2.41. The summed E-state index contributed by atoms with van der Waals surface area (Å²) in [4.78, 5) is 0. The van der Waals surface area contributed by atoms with Gasteiger partial charge in [-0.25, -0.2) is 0 Å². The van der Waals surface area contributed by atoms with E-state index in [1.165, 1.54) is 0 Å². The SMILES string of the molecule is OC(c1ccc(Cl)cc1)C1CNCCO1. The molecule has 1 aliphatic heterocycles. The van der Waals surface area contributed by atoms with Crippen LogP contribution in [0.1, 0.15) is 11.7 Å². The molecule has 82 valence electrons. The van der Waals surface area contributed by atoms with Gasteiger partial charge in [-0.3, -0.25) is 0 Å². The van der Waals surface area contributed by atoms with Crippen molar-refractivity contribution in [2.24, 2.45) is 0 Å². The van der Waals surface area contributed by atoms with E-state index in [0.29, 0.717) is 18.2 Å². The largest absolute Gasteiger partial charge is 0.386 e. The van der Waals surface area contributed by atoms with Gasteiger partial charge in [-0.15, -0.1) is 0 Å². The zero-order chi connectivity index (χ0) is 10.7. The van der Waals surface area contributed by atoms with Crippen molar-refractivity contribution in [3.8, 4) is 0 Å². The molecule has 0 saturated carbocycles. The van der Waals surface area contributed by atoms with E-state index < -0.39 is 6.10 Å². The third-order valence-electron chi connectivity index (χ3n) is 2.52. The molecule has 0 amide bonds. The number of nitrogens with one attached hydrogen (secondary N) is 1. The van der Waals surface area contributed by atoms with Crippen LogP contribution in [0.5, 0.6) is 0 Å². The summed E-state index contributed by atoms with van der Waals surface area (Å²) in [5.74, 6) is 0. The number of hydrogen-bond acceptors (Lipinski definition) is 3. The number of morpholine rings is 1. The molecule has 15 heavy (non-hydrogen) atoms. The normalized spacial score (nSPS) is 23.7. The van der Waals surface area contributed by atoms with Gasteiger partial charge in [0.05, 0.1) is 12.7 Å². The fourth-order valence-corrected chi connectivity index (χ4v) is 1.79. The van der Waals surface area contributed by atoms with Crippen molar-refractivity contribution in [1.82, 2.24) is 5.32 Å². The summed E-state index contributed by atoms with van der Waals surface area (Å²) < 4.78 is 5.48. The van der Waals surface area contributed by atoms with Crippen LogP contribution in [0.4, 0.5) is 0 Å². The van der Waals surface area contributed by atoms with Crippen LogP contribution in [0.3, 0.4) is 0 Å².